The molecule has 5 nitrogen and oxygen atoms in total. The molecular weight excluding hydrogens is 300 g/mol. The van der Waals surface area contributed by atoms with E-state index in [2.05, 4.69) is 11.1 Å². The van der Waals surface area contributed by atoms with Gasteiger partial charge in [0.1, 0.15) is 0 Å². The van der Waals surface area contributed by atoms with Gasteiger partial charge in [0.2, 0.25) is 0 Å². The van der Waals surface area contributed by atoms with Crippen molar-refractivity contribution in [2.45, 2.75) is 0 Å². The van der Waals surface area contributed by atoms with Gasteiger partial charge in [0.05, 0.1) is 11.6 Å². The number of carbonyl (C=O) groups is 1. The number of guanidine groups is 1. The molecule has 116 valence electrons. The van der Waals surface area contributed by atoms with Crippen LogP contribution in [0.2, 0.25) is 0 Å². The molecule has 0 heterocycles. The number of hydrogen-bond acceptors (Lipinski definition) is 2. The van der Waals surface area contributed by atoms with Crippen LogP contribution in [-0.4, -0.2) is 11.9 Å². The number of rotatable bonds is 2. The highest BCUT2D eigenvalue weighted by Gasteiger charge is 2.11. The Morgan fingerprint density at radius 1 is 0.958 bits per heavy atom. The number of aliphatic imine (C=N–C) groups is 1. The van der Waals surface area contributed by atoms with Crippen molar-refractivity contribution in [3.8, 4) is 17.2 Å². The number of nitrogens with two attached hydrogens (primary N) is 2. The Labute approximate surface area is 138 Å². The van der Waals surface area contributed by atoms with Gasteiger partial charge in [-0.25, -0.2) is 0 Å². The lowest BCUT2D eigenvalue weighted by Gasteiger charge is -2.09. The van der Waals surface area contributed by atoms with Crippen molar-refractivity contribution in [2.75, 3.05) is 0 Å². The molecule has 5 heteroatoms. The molecule has 0 aromatic heterocycles. The Kier molecular flexibility index (Phi) is 3.96. The molecule has 0 radical (unpaired) electrons. The fourth-order valence-corrected chi connectivity index (χ4v) is 2.64. The van der Waals surface area contributed by atoms with Crippen LogP contribution in [0.25, 0.3) is 21.9 Å². The molecule has 0 unspecified atom stereocenters. The molecule has 3 aromatic carbocycles. The normalized spacial score (nSPS) is 10.1. The molecule has 0 atom stereocenters. The number of hydrogen-bond donors (Lipinski definition) is 2. The Morgan fingerprint density at radius 2 is 1.71 bits per heavy atom. The maximum absolute atomic E-state index is 12.1. The van der Waals surface area contributed by atoms with Crippen molar-refractivity contribution in [2.24, 2.45) is 16.5 Å². The average molecular weight is 314 g/mol. The van der Waals surface area contributed by atoms with Gasteiger partial charge in [-0.15, -0.1) is 0 Å². The minimum atomic E-state index is -0.500. The summed E-state index contributed by atoms with van der Waals surface area (Å²) in [5.41, 5.74) is 13.2. The number of nitriles is 1. The van der Waals surface area contributed by atoms with Crippen molar-refractivity contribution in [3.05, 3.63) is 71.8 Å². The SMILES string of the molecule is N#Cc1ccccc1-c1cccc2ccc(C(=O)N=C(N)N)cc12. The van der Waals surface area contributed by atoms with Gasteiger partial charge < -0.3 is 11.5 Å². The maximum atomic E-state index is 12.1. The fraction of sp³-hybridized carbons (Fsp3) is 0. The lowest BCUT2D eigenvalue weighted by atomic mass is 9.94. The molecule has 3 rings (SSSR count). The third kappa shape index (κ3) is 2.81. The lowest BCUT2D eigenvalue weighted by molar-refractivity contribution is 0.100. The highest BCUT2D eigenvalue weighted by Crippen LogP contribution is 2.31. The van der Waals surface area contributed by atoms with E-state index in [0.717, 1.165) is 21.9 Å². The molecular formula is C19H14N4O. The number of nitrogens with zero attached hydrogens (tertiary/aromatic N) is 2. The summed E-state index contributed by atoms with van der Waals surface area (Å²) >= 11 is 0. The van der Waals surface area contributed by atoms with Gasteiger partial charge in [-0.05, 0) is 34.5 Å². The molecule has 3 aromatic rings. The highest BCUT2D eigenvalue weighted by molar-refractivity contribution is 6.06. The molecule has 24 heavy (non-hydrogen) atoms. The van der Waals surface area contributed by atoms with Crippen molar-refractivity contribution in [1.82, 2.24) is 0 Å². The summed E-state index contributed by atoms with van der Waals surface area (Å²) in [6, 6.07) is 20.6. The molecule has 0 bridgehead atoms. The number of benzene rings is 3. The van der Waals surface area contributed by atoms with Gasteiger partial charge in [-0.3, -0.25) is 4.79 Å². The molecule has 0 aliphatic heterocycles. The average Bonchev–Trinajstić information content (AvgIpc) is 2.60. The quantitative estimate of drug-likeness (QED) is 0.560. The lowest BCUT2D eigenvalue weighted by Crippen LogP contribution is -2.24. The van der Waals surface area contributed by atoms with E-state index in [0.29, 0.717) is 11.1 Å². The molecule has 4 N–H and O–H groups in total. The van der Waals surface area contributed by atoms with Gasteiger partial charge in [0.15, 0.2) is 5.96 Å². The van der Waals surface area contributed by atoms with Crippen LogP contribution in [0.1, 0.15) is 15.9 Å². The summed E-state index contributed by atoms with van der Waals surface area (Å²) in [6.45, 7) is 0. The topological polar surface area (TPSA) is 105 Å². The van der Waals surface area contributed by atoms with Crippen LogP contribution in [0, 0.1) is 11.3 Å². The second-order valence-corrected chi connectivity index (χ2v) is 5.24. The summed E-state index contributed by atoms with van der Waals surface area (Å²) in [6.07, 6.45) is 0. The zero-order valence-corrected chi connectivity index (χ0v) is 12.7. The second kappa shape index (κ2) is 6.23. The predicted octanol–water partition coefficient (Wildman–Crippen LogP) is 2.79. The van der Waals surface area contributed by atoms with Crippen LogP contribution in [0.4, 0.5) is 0 Å². The maximum Gasteiger partial charge on any atom is 0.280 e. The van der Waals surface area contributed by atoms with Crippen LogP contribution >= 0.6 is 0 Å². The number of carbonyl (C=O) groups excluding carboxylic acids is 1. The Bertz CT molecular complexity index is 1010. The van der Waals surface area contributed by atoms with E-state index in [1.54, 1.807) is 18.2 Å². The number of fused-ring (bicyclic) bond motifs is 1. The minimum absolute atomic E-state index is 0.275. The summed E-state index contributed by atoms with van der Waals surface area (Å²) in [7, 11) is 0. The Balaban J connectivity index is 2.25. The minimum Gasteiger partial charge on any atom is -0.370 e. The number of amides is 1. The largest absolute Gasteiger partial charge is 0.370 e. The van der Waals surface area contributed by atoms with Crippen molar-refractivity contribution in [1.29, 1.82) is 5.26 Å². The standard InChI is InChI=1S/C19H14N4O/c20-11-14-4-1-2-6-15(14)16-7-3-5-12-8-9-13(10-17(12)16)18(24)23-19(21)22/h1-10H,(H4,21,22,23,24). The van der Waals surface area contributed by atoms with Gasteiger partial charge in [-0.2, -0.15) is 10.3 Å². The van der Waals surface area contributed by atoms with Crippen molar-refractivity contribution in [3.63, 3.8) is 0 Å². The van der Waals surface area contributed by atoms with Crippen LogP contribution in [0.3, 0.4) is 0 Å². The summed E-state index contributed by atoms with van der Waals surface area (Å²) in [5, 5.41) is 11.2. The third-order valence-corrected chi connectivity index (χ3v) is 3.70. The molecule has 0 fully saturated rings. The molecule has 0 saturated carbocycles. The highest BCUT2D eigenvalue weighted by atomic mass is 16.1. The summed E-state index contributed by atoms with van der Waals surface area (Å²) in [4.78, 5) is 15.6. The van der Waals surface area contributed by atoms with Gasteiger partial charge in [0.25, 0.3) is 5.91 Å². The molecule has 0 aliphatic carbocycles. The van der Waals surface area contributed by atoms with E-state index >= 15 is 0 Å². The van der Waals surface area contributed by atoms with E-state index in [9.17, 15) is 10.1 Å². The van der Waals surface area contributed by atoms with E-state index in [-0.39, 0.29) is 5.96 Å². The molecule has 0 aliphatic rings. The van der Waals surface area contributed by atoms with E-state index in [1.165, 1.54) is 0 Å². The van der Waals surface area contributed by atoms with Crippen LogP contribution < -0.4 is 11.5 Å². The van der Waals surface area contributed by atoms with Crippen molar-refractivity contribution < 1.29 is 4.79 Å². The molecule has 0 saturated heterocycles. The molecule has 0 spiro atoms. The first-order valence-electron chi connectivity index (χ1n) is 7.26. The van der Waals surface area contributed by atoms with Crippen molar-refractivity contribution >= 4 is 22.6 Å². The Hall–Kier alpha value is -3.65. The fourth-order valence-electron chi connectivity index (χ4n) is 2.64. The zero-order chi connectivity index (χ0) is 17.1. The van der Waals surface area contributed by atoms with Gasteiger partial charge in [-0.1, -0.05) is 42.5 Å². The predicted molar refractivity (Wildman–Crippen MR) is 94.2 cm³/mol. The Morgan fingerprint density at radius 3 is 2.46 bits per heavy atom. The first-order chi connectivity index (χ1) is 11.6. The van der Waals surface area contributed by atoms with Crippen LogP contribution in [-0.2, 0) is 0 Å². The first-order valence-corrected chi connectivity index (χ1v) is 7.26. The second-order valence-electron chi connectivity index (χ2n) is 5.24. The van der Waals surface area contributed by atoms with Gasteiger partial charge >= 0.3 is 0 Å². The first kappa shape index (κ1) is 15.3. The summed E-state index contributed by atoms with van der Waals surface area (Å²) in [5.74, 6) is -0.775. The molecule has 1 amide bonds. The van der Waals surface area contributed by atoms with Crippen LogP contribution in [0.5, 0.6) is 0 Å². The van der Waals surface area contributed by atoms with E-state index < -0.39 is 5.91 Å². The third-order valence-electron chi connectivity index (χ3n) is 3.70. The van der Waals surface area contributed by atoms with Gasteiger partial charge in [0, 0.05) is 11.1 Å². The van der Waals surface area contributed by atoms with E-state index in [4.69, 9.17) is 11.5 Å². The smallest absolute Gasteiger partial charge is 0.280 e. The van der Waals surface area contributed by atoms with Crippen LogP contribution in [0.15, 0.2) is 65.7 Å². The summed E-state index contributed by atoms with van der Waals surface area (Å²) < 4.78 is 0. The van der Waals surface area contributed by atoms with E-state index in [1.807, 2.05) is 42.5 Å². The monoisotopic (exact) mass is 314 g/mol. The zero-order valence-electron chi connectivity index (χ0n) is 12.7.